The van der Waals surface area contributed by atoms with E-state index in [2.05, 4.69) is 28.5 Å². The third-order valence-electron chi connectivity index (χ3n) is 4.68. The highest BCUT2D eigenvalue weighted by molar-refractivity contribution is 7.10. The number of anilines is 1. The first-order chi connectivity index (χ1) is 12.2. The Hall–Kier alpha value is -2.46. The molecule has 126 valence electrons. The number of fused-ring (bicyclic) bond motifs is 1. The van der Waals surface area contributed by atoms with Gasteiger partial charge in [0.05, 0.1) is 12.1 Å². The minimum absolute atomic E-state index is 0.0239. The molecular formula is C21H20N2OS. The summed E-state index contributed by atoms with van der Waals surface area (Å²) in [6.07, 6.45) is 3.92. The topological polar surface area (TPSA) is 42.0 Å². The first-order valence-electron chi connectivity index (χ1n) is 8.61. The molecule has 0 spiro atoms. The number of nitrogens with zero attached hydrogens (tertiary/aromatic N) is 1. The molecule has 1 aromatic heterocycles. The third kappa shape index (κ3) is 3.49. The number of hydrogen-bond acceptors (Lipinski definition) is 3. The van der Waals surface area contributed by atoms with Crippen LogP contribution in [-0.4, -0.2) is 10.9 Å². The molecule has 1 amide bonds. The molecule has 3 aromatic rings. The number of aryl methyl sites for hydroxylation is 3. The molecule has 1 aliphatic rings. The summed E-state index contributed by atoms with van der Waals surface area (Å²) in [7, 11) is 0. The minimum Gasteiger partial charge on any atom is -0.325 e. The van der Waals surface area contributed by atoms with Crippen molar-refractivity contribution >= 4 is 22.9 Å². The summed E-state index contributed by atoms with van der Waals surface area (Å²) in [6, 6.07) is 14.4. The van der Waals surface area contributed by atoms with Crippen molar-refractivity contribution in [2.45, 2.75) is 32.6 Å². The fourth-order valence-corrected chi connectivity index (χ4v) is 4.10. The molecule has 0 radical (unpaired) electrons. The summed E-state index contributed by atoms with van der Waals surface area (Å²) >= 11 is 1.55. The van der Waals surface area contributed by atoms with Crippen molar-refractivity contribution in [2.24, 2.45) is 0 Å². The van der Waals surface area contributed by atoms with E-state index in [9.17, 15) is 4.79 Å². The van der Waals surface area contributed by atoms with E-state index in [1.54, 1.807) is 11.3 Å². The molecule has 25 heavy (non-hydrogen) atoms. The number of thiazole rings is 1. The van der Waals surface area contributed by atoms with Gasteiger partial charge >= 0.3 is 0 Å². The molecule has 3 nitrogen and oxygen atoms in total. The standard InChI is InChI=1S/C21H20N2OS/c1-14-5-2-3-8-18(14)22-20(24)12-21-23-19(13-25-21)17-10-9-15-6-4-7-16(15)11-17/h2-3,5,8-11,13H,4,6-7,12H2,1H3,(H,22,24). The van der Waals surface area contributed by atoms with Crippen molar-refractivity contribution in [2.75, 3.05) is 5.32 Å². The van der Waals surface area contributed by atoms with Crippen LogP contribution in [0, 0.1) is 6.92 Å². The predicted octanol–water partition coefficient (Wildman–Crippen LogP) is 4.79. The zero-order chi connectivity index (χ0) is 17.2. The lowest BCUT2D eigenvalue weighted by Gasteiger charge is -2.06. The lowest BCUT2D eigenvalue weighted by molar-refractivity contribution is -0.115. The molecule has 0 bridgehead atoms. The van der Waals surface area contributed by atoms with E-state index in [1.807, 2.05) is 36.6 Å². The minimum atomic E-state index is -0.0239. The number of rotatable bonds is 4. The van der Waals surface area contributed by atoms with E-state index >= 15 is 0 Å². The van der Waals surface area contributed by atoms with Crippen LogP contribution in [0.5, 0.6) is 0 Å². The molecule has 1 aliphatic carbocycles. The first-order valence-corrected chi connectivity index (χ1v) is 9.49. The van der Waals surface area contributed by atoms with Gasteiger partial charge in [0.1, 0.15) is 5.01 Å². The number of para-hydroxylation sites is 1. The normalized spacial score (nSPS) is 12.8. The van der Waals surface area contributed by atoms with Crippen molar-refractivity contribution < 1.29 is 4.79 Å². The lowest BCUT2D eigenvalue weighted by Crippen LogP contribution is -2.14. The van der Waals surface area contributed by atoms with E-state index in [0.717, 1.165) is 27.5 Å². The van der Waals surface area contributed by atoms with Gasteiger partial charge in [-0.25, -0.2) is 4.98 Å². The first kappa shape index (κ1) is 16.0. The summed E-state index contributed by atoms with van der Waals surface area (Å²) in [5, 5.41) is 5.87. The molecule has 0 aliphatic heterocycles. The van der Waals surface area contributed by atoms with Gasteiger partial charge in [-0.3, -0.25) is 4.79 Å². The Kier molecular flexibility index (Phi) is 4.36. The van der Waals surface area contributed by atoms with Gasteiger partial charge in [0.25, 0.3) is 0 Å². The van der Waals surface area contributed by atoms with Crippen molar-refractivity contribution in [3.8, 4) is 11.3 Å². The average molecular weight is 348 g/mol. The molecule has 4 heteroatoms. The van der Waals surface area contributed by atoms with Crippen LogP contribution in [-0.2, 0) is 24.1 Å². The Morgan fingerprint density at radius 2 is 2.00 bits per heavy atom. The quantitative estimate of drug-likeness (QED) is 0.737. The van der Waals surface area contributed by atoms with Crippen LogP contribution in [0.15, 0.2) is 47.8 Å². The van der Waals surface area contributed by atoms with Crippen molar-refractivity contribution in [3.63, 3.8) is 0 Å². The molecule has 1 heterocycles. The summed E-state index contributed by atoms with van der Waals surface area (Å²) in [4.78, 5) is 17.0. The fourth-order valence-electron chi connectivity index (χ4n) is 3.30. The summed E-state index contributed by atoms with van der Waals surface area (Å²) in [5.41, 5.74) is 6.97. The second-order valence-electron chi connectivity index (χ2n) is 6.50. The summed E-state index contributed by atoms with van der Waals surface area (Å²) in [6.45, 7) is 1.99. The third-order valence-corrected chi connectivity index (χ3v) is 5.53. The maximum absolute atomic E-state index is 12.3. The smallest absolute Gasteiger partial charge is 0.231 e. The van der Waals surface area contributed by atoms with E-state index in [1.165, 1.54) is 30.4 Å². The van der Waals surface area contributed by atoms with Crippen LogP contribution in [0.2, 0.25) is 0 Å². The van der Waals surface area contributed by atoms with Crippen LogP contribution < -0.4 is 5.32 Å². The van der Waals surface area contributed by atoms with Gasteiger partial charge in [-0.15, -0.1) is 11.3 Å². The van der Waals surface area contributed by atoms with Crippen molar-refractivity contribution in [1.29, 1.82) is 0 Å². The fraction of sp³-hybridized carbons (Fsp3) is 0.238. The highest BCUT2D eigenvalue weighted by Gasteiger charge is 2.14. The van der Waals surface area contributed by atoms with Gasteiger partial charge in [0.15, 0.2) is 0 Å². The zero-order valence-corrected chi connectivity index (χ0v) is 15.0. The second-order valence-corrected chi connectivity index (χ2v) is 7.45. The van der Waals surface area contributed by atoms with Crippen LogP contribution in [0.1, 0.15) is 28.1 Å². The molecule has 0 atom stereocenters. The predicted molar refractivity (Wildman–Crippen MR) is 103 cm³/mol. The number of amides is 1. The Bertz CT molecular complexity index is 929. The van der Waals surface area contributed by atoms with Gasteiger partial charge in [-0.1, -0.05) is 30.3 Å². The molecule has 4 rings (SSSR count). The van der Waals surface area contributed by atoms with E-state index in [4.69, 9.17) is 0 Å². The number of benzene rings is 2. The summed E-state index contributed by atoms with van der Waals surface area (Å²) < 4.78 is 0. The molecular weight excluding hydrogens is 328 g/mol. The Morgan fingerprint density at radius 3 is 2.88 bits per heavy atom. The van der Waals surface area contributed by atoms with Crippen molar-refractivity contribution in [3.05, 3.63) is 69.5 Å². The van der Waals surface area contributed by atoms with E-state index in [0.29, 0.717) is 6.42 Å². The maximum Gasteiger partial charge on any atom is 0.231 e. The number of carbonyl (C=O) groups is 1. The molecule has 0 unspecified atom stereocenters. The van der Waals surface area contributed by atoms with Gasteiger partial charge in [-0.2, -0.15) is 0 Å². The highest BCUT2D eigenvalue weighted by atomic mass is 32.1. The number of nitrogens with one attached hydrogen (secondary N) is 1. The molecule has 0 saturated carbocycles. The average Bonchev–Trinajstić information content (AvgIpc) is 3.25. The lowest BCUT2D eigenvalue weighted by atomic mass is 10.1. The van der Waals surface area contributed by atoms with Gasteiger partial charge in [0, 0.05) is 16.6 Å². The number of hydrogen-bond donors (Lipinski definition) is 1. The van der Waals surface area contributed by atoms with Gasteiger partial charge < -0.3 is 5.32 Å². The molecule has 0 saturated heterocycles. The Balaban J connectivity index is 1.46. The van der Waals surface area contributed by atoms with E-state index < -0.39 is 0 Å². The van der Waals surface area contributed by atoms with Gasteiger partial charge in [-0.05, 0) is 55.0 Å². The maximum atomic E-state index is 12.3. The van der Waals surface area contributed by atoms with Crippen LogP contribution in [0.25, 0.3) is 11.3 Å². The number of carbonyl (C=O) groups excluding carboxylic acids is 1. The van der Waals surface area contributed by atoms with E-state index in [-0.39, 0.29) is 5.91 Å². The largest absolute Gasteiger partial charge is 0.325 e. The van der Waals surface area contributed by atoms with Crippen LogP contribution >= 0.6 is 11.3 Å². The van der Waals surface area contributed by atoms with Crippen LogP contribution in [0.4, 0.5) is 5.69 Å². The Labute approximate surface area is 151 Å². The zero-order valence-electron chi connectivity index (χ0n) is 14.2. The Morgan fingerprint density at radius 1 is 1.16 bits per heavy atom. The number of aromatic nitrogens is 1. The SMILES string of the molecule is Cc1ccccc1NC(=O)Cc1nc(-c2ccc3c(c2)CCC3)cs1. The second kappa shape index (κ2) is 6.81. The van der Waals surface area contributed by atoms with Gasteiger partial charge in [0.2, 0.25) is 5.91 Å². The molecule has 1 N–H and O–H groups in total. The molecule has 2 aromatic carbocycles. The summed E-state index contributed by atoms with van der Waals surface area (Å²) in [5.74, 6) is -0.0239. The monoisotopic (exact) mass is 348 g/mol. The molecule has 0 fully saturated rings. The van der Waals surface area contributed by atoms with Crippen LogP contribution in [0.3, 0.4) is 0 Å². The highest BCUT2D eigenvalue weighted by Crippen LogP contribution is 2.29. The van der Waals surface area contributed by atoms with Crippen molar-refractivity contribution in [1.82, 2.24) is 4.98 Å².